The standard InChI is InChI=1S/C33H30F2N4O3S2/c1-20(19-41-2)37-18-22-4-3-5-23(14-22)30-17-27-32(44-30)29(12-13-36-27)42-28-11-10-25(16-26(28)35)38-33(43)39-31(40)15-21-6-8-24(34)9-7-21/h3-14,16-17,20,37H,15,18-19H2,1-2H3,(H2,38,39,40,43)/t20-/m0/s1. The van der Waals surface area contributed by atoms with Crippen molar-refractivity contribution in [2.45, 2.75) is 25.9 Å². The van der Waals surface area contributed by atoms with Crippen molar-refractivity contribution in [3.8, 4) is 21.9 Å². The second-order valence-electron chi connectivity index (χ2n) is 10.1. The number of aromatic nitrogens is 1. The average Bonchev–Trinajstić information content (AvgIpc) is 3.44. The van der Waals surface area contributed by atoms with E-state index in [1.165, 1.54) is 47.7 Å². The number of pyridine rings is 1. The van der Waals surface area contributed by atoms with Gasteiger partial charge in [0, 0.05) is 48.6 Å². The van der Waals surface area contributed by atoms with Crippen molar-refractivity contribution in [2.24, 2.45) is 0 Å². The van der Waals surface area contributed by atoms with Crippen molar-refractivity contribution in [3.05, 3.63) is 108 Å². The number of rotatable bonds is 11. The number of fused-ring (bicyclic) bond motifs is 1. The van der Waals surface area contributed by atoms with Crippen LogP contribution in [0.4, 0.5) is 14.5 Å². The molecule has 5 aromatic rings. The molecule has 1 amide bonds. The van der Waals surface area contributed by atoms with E-state index >= 15 is 4.39 Å². The number of ether oxygens (including phenoxy) is 2. The van der Waals surface area contributed by atoms with Crippen LogP contribution in [0.25, 0.3) is 20.7 Å². The van der Waals surface area contributed by atoms with Crippen LogP contribution in [-0.4, -0.2) is 35.8 Å². The first-order valence-electron chi connectivity index (χ1n) is 13.8. The molecule has 0 bridgehead atoms. The van der Waals surface area contributed by atoms with Crippen molar-refractivity contribution in [2.75, 3.05) is 19.0 Å². The highest BCUT2D eigenvalue weighted by Gasteiger charge is 2.14. The zero-order chi connectivity index (χ0) is 31.1. The topological polar surface area (TPSA) is 84.5 Å². The first-order chi connectivity index (χ1) is 21.3. The Labute approximate surface area is 263 Å². The fourth-order valence-electron chi connectivity index (χ4n) is 4.47. The maximum absolute atomic E-state index is 15.1. The van der Waals surface area contributed by atoms with E-state index in [4.69, 9.17) is 21.7 Å². The largest absolute Gasteiger partial charge is 0.453 e. The molecule has 3 aromatic carbocycles. The minimum atomic E-state index is -0.611. The zero-order valence-corrected chi connectivity index (χ0v) is 25.7. The summed E-state index contributed by atoms with van der Waals surface area (Å²) >= 11 is 6.72. The van der Waals surface area contributed by atoms with E-state index in [-0.39, 0.29) is 35.0 Å². The number of amides is 1. The molecule has 7 nitrogen and oxygen atoms in total. The van der Waals surface area contributed by atoms with E-state index in [1.54, 1.807) is 25.4 Å². The van der Waals surface area contributed by atoms with E-state index in [0.717, 1.165) is 26.2 Å². The minimum Gasteiger partial charge on any atom is -0.453 e. The molecule has 2 aromatic heterocycles. The van der Waals surface area contributed by atoms with E-state index in [2.05, 4.69) is 40.0 Å². The third kappa shape index (κ3) is 8.20. The molecule has 11 heteroatoms. The Morgan fingerprint density at radius 2 is 1.82 bits per heavy atom. The molecule has 2 heterocycles. The summed E-state index contributed by atoms with van der Waals surface area (Å²) in [7, 11) is 1.69. The number of benzene rings is 3. The van der Waals surface area contributed by atoms with E-state index in [0.29, 0.717) is 30.2 Å². The SMILES string of the molecule is COC[C@H](C)NCc1cccc(-c2cc3nccc(Oc4ccc(NC(=S)NC(=O)Cc5ccc(F)cc5)cc4F)c3s2)c1. The molecule has 226 valence electrons. The van der Waals surface area contributed by atoms with Gasteiger partial charge in [-0.15, -0.1) is 11.3 Å². The summed E-state index contributed by atoms with van der Waals surface area (Å²) in [6.07, 6.45) is 1.65. The number of nitrogens with one attached hydrogen (secondary N) is 3. The smallest absolute Gasteiger partial charge is 0.230 e. The van der Waals surface area contributed by atoms with Crippen LogP contribution in [0.15, 0.2) is 85.1 Å². The first-order valence-corrected chi connectivity index (χ1v) is 15.0. The van der Waals surface area contributed by atoms with Gasteiger partial charge in [0.15, 0.2) is 16.7 Å². The number of carbonyl (C=O) groups excluding carboxylic acids is 1. The number of carbonyl (C=O) groups is 1. The van der Waals surface area contributed by atoms with Crippen LogP contribution in [0.3, 0.4) is 0 Å². The highest BCUT2D eigenvalue weighted by molar-refractivity contribution is 7.80. The number of hydrogen-bond acceptors (Lipinski definition) is 7. The summed E-state index contributed by atoms with van der Waals surface area (Å²) < 4.78 is 40.2. The summed E-state index contributed by atoms with van der Waals surface area (Å²) in [4.78, 5) is 17.8. The Hall–Kier alpha value is -4.29. The normalized spacial score (nSPS) is 11.7. The molecular weight excluding hydrogens is 603 g/mol. The van der Waals surface area contributed by atoms with Gasteiger partial charge in [-0.2, -0.15) is 0 Å². The maximum Gasteiger partial charge on any atom is 0.230 e. The monoisotopic (exact) mass is 632 g/mol. The predicted molar refractivity (Wildman–Crippen MR) is 174 cm³/mol. The molecule has 44 heavy (non-hydrogen) atoms. The highest BCUT2D eigenvalue weighted by Crippen LogP contribution is 2.40. The highest BCUT2D eigenvalue weighted by atomic mass is 32.1. The van der Waals surface area contributed by atoms with Gasteiger partial charge in [-0.25, -0.2) is 8.78 Å². The summed E-state index contributed by atoms with van der Waals surface area (Å²) in [5.41, 5.74) is 3.93. The Morgan fingerprint density at radius 3 is 2.59 bits per heavy atom. The van der Waals surface area contributed by atoms with Crippen molar-refractivity contribution >= 4 is 50.5 Å². The molecule has 0 fully saturated rings. The lowest BCUT2D eigenvalue weighted by atomic mass is 10.1. The molecule has 0 saturated heterocycles. The number of thiocarbonyl (C=S) groups is 1. The van der Waals surface area contributed by atoms with E-state index in [1.807, 2.05) is 18.2 Å². The Balaban J connectivity index is 1.24. The van der Waals surface area contributed by atoms with Gasteiger partial charge < -0.3 is 25.4 Å². The van der Waals surface area contributed by atoms with Crippen LogP contribution >= 0.6 is 23.6 Å². The van der Waals surface area contributed by atoms with Crippen LogP contribution in [-0.2, 0) is 22.5 Å². The van der Waals surface area contributed by atoms with Gasteiger partial charge in [0.1, 0.15) is 11.6 Å². The number of anilines is 1. The third-order valence-electron chi connectivity index (χ3n) is 6.60. The lowest BCUT2D eigenvalue weighted by Gasteiger charge is -2.13. The summed E-state index contributed by atoms with van der Waals surface area (Å²) in [6.45, 7) is 3.43. The van der Waals surface area contributed by atoms with E-state index in [9.17, 15) is 9.18 Å². The Morgan fingerprint density at radius 1 is 1.00 bits per heavy atom. The zero-order valence-electron chi connectivity index (χ0n) is 24.0. The van der Waals surface area contributed by atoms with Gasteiger partial charge in [-0.05, 0) is 72.2 Å². The molecule has 0 saturated carbocycles. The molecule has 5 rings (SSSR count). The van der Waals surface area contributed by atoms with Gasteiger partial charge >= 0.3 is 0 Å². The van der Waals surface area contributed by atoms with Gasteiger partial charge in [0.05, 0.1) is 23.2 Å². The molecule has 1 atom stereocenters. The average molecular weight is 633 g/mol. The number of methoxy groups -OCH3 is 1. The lowest BCUT2D eigenvalue weighted by molar-refractivity contribution is -0.119. The number of thiophene rings is 1. The number of nitrogens with zero attached hydrogens (tertiary/aromatic N) is 1. The third-order valence-corrected chi connectivity index (χ3v) is 7.99. The summed E-state index contributed by atoms with van der Waals surface area (Å²) in [6, 6.07) is 22.2. The molecule has 0 aliphatic rings. The van der Waals surface area contributed by atoms with Gasteiger partial charge in [0.25, 0.3) is 0 Å². The molecule has 0 spiro atoms. The second-order valence-corrected chi connectivity index (χ2v) is 11.6. The fourth-order valence-corrected chi connectivity index (χ4v) is 5.77. The molecule has 0 radical (unpaired) electrons. The second kappa shape index (κ2) is 14.5. The molecule has 0 aliphatic carbocycles. The van der Waals surface area contributed by atoms with Crippen molar-refractivity contribution in [1.82, 2.24) is 15.6 Å². The Kier molecular flexibility index (Phi) is 10.2. The van der Waals surface area contributed by atoms with Crippen LogP contribution in [0.5, 0.6) is 11.5 Å². The molecule has 3 N–H and O–H groups in total. The fraction of sp³-hybridized carbons (Fsp3) is 0.182. The summed E-state index contributed by atoms with van der Waals surface area (Å²) in [5.74, 6) is -0.859. The van der Waals surface area contributed by atoms with Crippen LogP contribution in [0.2, 0.25) is 0 Å². The van der Waals surface area contributed by atoms with E-state index < -0.39 is 5.82 Å². The van der Waals surface area contributed by atoms with Crippen molar-refractivity contribution < 1.29 is 23.0 Å². The van der Waals surface area contributed by atoms with Crippen LogP contribution in [0, 0.1) is 11.6 Å². The van der Waals surface area contributed by atoms with Crippen LogP contribution in [0.1, 0.15) is 18.1 Å². The van der Waals surface area contributed by atoms with Gasteiger partial charge in [-0.3, -0.25) is 9.78 Å². The van der Waals surface area contributed by atoms with Gasteiger partial charge in [-0.1, -0.05) is 30.3 Å². The Bertz CT molecular complexity index is 1780. The molecule has 0 unspecified atom stereocenters. The van der Waals surface area contributed by atoms with Crippen LogP contribution < -0.4 is 20.7 Å². The minimum absolute atomic E-state index is 0.0106. The lowest BCUT2D eigenvalue weighted by Crippen LogP contribution is -2.35. The van der Waals surface area contributed by atoms with Crippen molar-refractivity contribution in [1.29, 1.82) is 0 Å². The first kappa shape index (κ1) is 31.1. The van der Waals surface area contributed by atoms with Gasteiger partial charge in [0.2, 0.25) is 5.91 Å². The van der Waals surface area contributed by atoms with Crippen molar-refractivity contribution in [3.63, 3.8) is 0 Å². The quantitative estimate of drug-likeness (QED) is 0.133. The molecule has 0 aliphatic heterocycles. The maximum atomic E-state index is 15.1. The molecular formula is C33H30F2N4O3S2. The number of halogens is 2. The number of hydrogen-bond donors (Lipinski definition) is 3. The predicted octanol–water partition coefficient (Wildman–Crippen LogP) is 7.21. The summed E-state index contributed by atoms with van der Waals surface area (Å²) in [5, 5.41) is 8.80.